The number of aromatic nitrogens is 1. The van der Waals surface area contributed by atoms with Gasteiger partial charge in [0.05, 0.1) is 21.9 Å². The van der Waals surface area contributed by atoms with Gasteiger partial charge in [0.15, 0.2) is 0 Å². The molecule has 0 aliphatic carbocycles. The zero-order chi connectivity index (χ0) is 9.84. The van der Waals surface area contributed by atoms with Crippen molar-refractivity contribution in [1.29, 1.82) is 10.5 Å². The van der Waals surface area contributed by atoms with Gasteiger partial charge < -0.3 is 0 Å². The molecule has 1 aromatic heterocycles. The molecule has 64 valence electrons. The van der Waals surface area contributed by atoms with E-state index in [9.17, 15) is 4.21 Å². The topological polar surface area (TPSA) is 77.5 Å². The van der Waals surface area contributed by atoms with E-state index in [1.807, 2.05) is 12.1 Å². The Morgan fingerprint density at radius 1 is 1.46 bits per heavy atom. The lowest BCUT2D eigenvalue weighted by atomic mass is 10.2. The van der Waals surface area contributed by atoms with Gasteiger partial charge in [-0.1, -0.05) is 0 Å². The molecule has 1 unspecified atom stereocenters. The van der Waals surface area contributed by atoms with Crippen molar-refractivity contribution in [1.82, 2.24) is 4.98 Å². The van der Waals surface area contributed by atoms with Crippen LogP contribution < -0.4 is 0 Å². The van der Waals surface area contributed by atoms with E-state index in [1.54, 1.807) is 0 Å². The highest BCUT2D eigenvalue weighted by Crippen LogP contribution is 2.09. The Labute approximate surface area is 77.9 Å². The molecule has 0 aromatic carbocycles. The van der Waals surface area contributed by atoms with E-state index in [1.165, 1.54) is 18.5 Å². The first-order chi connectivity index (χ1) is 6.19. The molecule has 0 spiro atoms. The number of nitriles is 2. The average molecular weight is 191 g/mol. The van der Waals surface area contributed by atoms with E-state index < -0.39 is 10.8 Å². The van der Waals surface area contributed by atoms with E-state index in [2.05, 4.69) is 4.98 Å². The third-order valence-corrected chi connectivity index (χ3v) is 2.24. The lowest BCUT2D eigenvalue weighted by molar-refractivity contribution is 0.684. The van der Waals surface area contributed by atoms with Crippen LogP contribution >= 0.6 is 0 Å². The molecule has 1 rings (SSSR count). The minimum Gasteiger partial charge on any atom is -0.253 e. The molecule has 0 radical (unpaired) electrons. The van der Waals surface area contributed by atoms with Gasteiger partial charge >= 0.3 is 0 Å². The van der Waals surface area contributed by atoms with Crippen molar-refractivity contribution < 1.29 is 4.21 Å². The molecule has 1 aromatic rings. The van der Waals surface area contributed by atoms with Crippen molar-refractivity contribution in [2.45, 2.75) is 5.03 Å². The van der Waals surface area contributed by atoms with Gasteiger partial charge in [-0.05, 0) is 6.07 Å². The van der Waals surface area contributed by atoms with E-state index >= 15 is 0 Å². The summed E-state index contributed by atoms with van der Waals surface area (Å²) < 4.78 is 11.0. The summed E-state index contributed by atoms with van der Waals surface area (Å²) in [4.78, 5) is 3.77. The van der Waals surface area contributed by atoms with Crippen molar-refractivity contribution in [3.8, 4) is 12.1 Å². The van der Waals surface area contributed by atoms with Crippen LogP contribution in [0.4, 0.5) is 0 Å². The zero-order valence-corrected chi connectivity index (χ0v) is 7.63. The van der Waals surface area contributed by atoms with Crippen LogP contribution in [0.2, 0.25) is 0 Å². The second-order valence-corrected chi connectivity index (χ2v) is 3.55. The van der Waals surface area contributed by atoms with Gasteiger partial charge in [-0.3, -0.25) is 4.21 Å². The van der Waals surface area contributed by atoms with E-state index in [-0.39, 0.29) is 10.6 Å². The summed E-state index contributed by atoms with van der Waals surface area (Å²) in [5, 5.41) is 17.4. The van der Waals surface area contributed by atoms with Crippen LogP contribution in [0.3, 0.4) is 0 Å². The van der Waals surface area contributed by atoms with Crippen molar-refractivity contribution in [3.63, 3.8) is 0 Å². The fourth-order valence-electron chi connectivity index (χ4n) is 0.823. The fraction of sp³-hybridized carbons (Fsp3) is 0.125. The monoisotopic (exact) mass is 191 g/mol. The predicted octanol–water partition coefficient (Wildman–Crippen LogP) is 0.562. The van der Waals surface area contributed by atoms with Crippen molar-refractivity contribution in [2.24, 2.45) is 0 Å². The lowest BCUT2D eigenvalue weighted by Crippen LogP contribution is -1.97. The number of rotatable bonds is 1. The van der Waals surface area contributed by atoms with Gasteiger partial charge in [-0.15, -0.1) is 0 Å². The standard InChI is InChI=1S/C8H5N3OS/c1-13(12)8-7(4-10)2-6(3-9)5-11-8/h2,5H,1H3. The highest BCUT2D eigenvalue weighted by Gasteiger charge is 2.07. The molecule has 0 fully saturated rings. The minimum atomic E-state index is -1.29. The minimum absolute atomic E-state index is 0.194. The lowest BCUT2D eigenvalue weighted by Gasteiger charge is -1.97. The molecular weight excluding hydrogens is 186 g/mol. The first-order valence-electron chi connectivity index (χ1n) is 3.32. The average Bonchev–Trinajstić information content (AvgIpc) is 2.16. The molecule has 0 bridgehead atoms. The van der Waals surface area contributed by atoms with Crippen molar-refractivity contribution in [2.75, 3.05) is 6.26 Å². The van der Waals surface area contributed by atoms with Crippen LogP contribution in [0.5, 0.6) is 0 Å². The maximum atomic E-state index is 11.0. The summed E-state index contributed by atoms with van der Waals surface area (Å²) in [6, 6.07) is 5.08. The van der Waals surface area contributed by atoms with Gasteiger partial charge in [0.2, 0.25) is 0 Å². The molecule has 5 heteroatoms. The molecular formula is C8H5N3OS. The quantitative estimate of drug-likeness (QED) is 0.649. The van der Waals surface area contributed by atoms with Crippen LogP contribution in [-0.4, -0.2) is 15.4 Å². The fourth-order valence-corrected chi connectivity index (χ4v) is 1.44. The molecule has 1 heterocycles. The van der Waals surface area contributed by atoms with Crippen LogP contribution in [-0.2, 0) is 10.8 Å². The van der Waals surface area contributed by atoms with Crippen LogP contribution in [0, 0.1) is 22.7 Å². The van der Waals surface area contributed by atoms with E-state index in [4.69, 9.17) is 10.5 Å². The summed E-state index contributed by atoms with van der Waals surface area (Å²) in [7, 11) is -1.29. The summed E-state index contributed by atoms with van der Waals surface area (Å²) in [5.74, 6) is 0. The van der Waals surface area contributed by atoms with Crippen LogP contribution in [0.1, 0.15) is 11.1 Å². The molecule has 0 saturated heterocycles. The Morgan fingerprint density at radius 3 is 2.62 bits per heavy atom. The molecule has 4 nitrogen and oxygen atoms in total. The Balaban J connectivity index is 3.36. The third kappa shape index (κ3) is 1.90. The molecule has 0 saturated carbocycles. The first-order valence-corrected chi connectivity index (χ1v) is 4.88. The third-order valence-electron chi connectivity index (χ3n) is 1.37. The van der Waals surface area contributed by atoms with Crippen molar-refractivity contribution in [3.05, 3.63) is 23.4 Å². The van der Waals surface area contributed by atoms with Crippen molar-refractivity contribution >= 4 is 10.8 Å². The molecule has 0 aliphatic rings. The molecule has 13 heavy (non-hydrogen) atoms. The molecule has 0 N–H and O–H groups in total. The predicted molar refractivity (Wildman–Crippen MR) is 46.0 cm³/mol. The number of hydrogen-bond donors (Lipinski definition) is 0. The second kappa shape index (κ2) is 3.79. The number of pyridine rings is 1. The Morgan fingerprint density at radius 2 is 2.15 bits per heavy atom. The van der Waals surface area contributed by atoms with Crippen LogP contribution in [0.25, 0.3) is 0 Å². The molecule has 1 atom stereocenters. The SMILES string of the molecule is CS(=O)c1ncc(C#N)cc1C#N. The highest BCUT2D eigenvalue weighted by molar-refractivity contribution is 7.84. The van der Waals surface area contributed by atoms with Crippen LogP contribution in [0.15, 0.2) is 17.3 Å². The van der Waals surface area contributed by atoms with Gasteiger partial charge in [-0.25, -0.2) is 4.98 Å². The van der Waals surface area contributed by atoms with Gasteiger partial charge in [0, 0.05) is 12.5 Å². The Kier molecular flexibility index (Phi) is 2.73. The molecule has 0 aliphatic heterocycles. The molecule has 0 amide bonds. The largest absolute Gasteiger partial charge is 0.253 e. The van der Waals surface area contributed by atoms with E-state index in [0.29, 0.717) is 5.56 Å². The Bertz CT molecular complexity index is 442. The van der Waals surface area contributed by atoms with Gasteiger partial charge in [-0.2, -0.15) is 10.5 Å². The van der Waals surface area contributed by atoms with E-state index in [0.717, 1.165) is 0 Å². The zero-order valence-electron chi connectivity index (χ0n) is 6.81. The summed E-state index contributed by atoms with van der Waals surface area (Å²) in [5.41, 5.74) is 0.491. The number of hydrogen-bond acceptors (Lipinski definition) is 4. The summed E-state index contributed by atoms with van der Waals surface area (Å²) in [6.07, 6.45) is 2.74. The second-order valence-electron chi connectivity index (χ2n) is 2.25. The smallest absolute Gasteiger partial charge is 0.144 e. The normalized spacial score (nSPS) is 11.3. The highest BCUT2D eigenvalue weighted by atomic mass is 32.2. The summed E-state index contributed by atoms with van der Waals surface area (Å²) >= 11 is 0. The van der Waals surface area contributed by atoms with Gasteiger partial charge in [0.1, 0.15) is 17.2 Å². The Hall–Kier alpha value is -1.72. The van der Waals surface area contributed by atoms with Gasteiger partial charge in [0.25, 0.3) is 0 Å². The maximum Gasteiger partial charge on any atom is 0.144 e. The maximum absolute atomic E-state index is 11.0. The first kappa shape index (κ1) is 9.37. The number of nitrogens with zero attached hydrogens (tertiary/aromatic N) is 3. The summed E-state index contributed by atoms with van der Waals surface area (Å²) in [6.45, 7) is 0.